The number of rotatable bonds is 5. The lowest BCUT2D eigenvalue weighted by molar-refractivity contribution is -0.385. The Morgan fingerprint density at radius 3 is 2.70 bits per heavy atom. The number of nitrogens with one attached hydrogen (secondary N) is 1. The maximum Gasteiger partial charge on any atom is 0.272 e. The number of nitro benzene ring substituents is 1. The topological polar surface area (TPSA) is 92.6 Å². The summed E-state index contributed by atoms with van der Waals surface area (Å²) in [7, 11) is 1.45. The zero-order chi connectivity index (χ0) is 14.7. The van der Waals surface area contributed by atoms with Crippen LogP contribution in [0.25, 0.3) is 0 Å². The predicted octanol–water partition coefficient (Wildman–Crippen LogP) is 0.484. The molecular weight excluding hydrogens is 262 g/mol. The highest BCUT2D eigenvalue weighted by atomic mass is 16.6. The number of nitrogens with zero attached hydrogens (tertiary/aromatic N) is 2. The number of hydrogen-bond acceptors (Lipinski definition) is 5. The molecule has 1 heterocycles. The molecule has 1 unspecified atom stereocenters. The maximum atomic E-state index is 11.7. The van der Waals surface area contributed by atoms with Gasteiger partial charge in [0.1, 0.15) is 0 Å². The first-order chi connectivity index (χ1) is 9.50. The fourth-order valence-electron chi connectivity index (χ4n) is 2.20. The molecule has 0 bridgehead atoms. The SMILES string of the molecule is CN1C(=O)CC(NCCc2ccccc2[N+](=O)[O-])C1=O. The zero-order valence-corrected chi connectivity index (χ0v) is 11.0. The zero-order valence-electron chi connectivity index (χ0n) is 11.0. The van der Waals surface area contributed by atoms with Crippen LogP contribution in [0.15, 0.2) is 24.3 Å². The quantitative estimate of drug-likeness (QED) is 0.480. The second-order valence-electron chi connectivity index (χ2n) is 4.64. The molecule has 20 heavy (non-hydrogen) atoms. The molecule has 2 amide bonds. The van der Waals surface area contributed by atoms with Gasteiger partial charge in [-0.2, -0.15) is 0 Å². The molecule has 1 saturated heterocycles. The van der Waals surface area contributed by atoms with Crippen LogP contribution in [-0.4, -0.2) is 41.3 Å². The van der Waals surface area contributed by atoms with Crippen LogP contribution in [0, 0.1) is 10.1 Å². The summed E-state index contributed by atoms with van der Waals surface area (Å²) in [6, 6.07) is 5.97. The molecule has 2 rings (SSSR count). The van der Waals surface area contributed by atoms with Crippen molar-refractivity contribution in [2.75, 3.05) is 13.6 Å². The van der Waals surface area contributed by atoms with Gasteiger partial charge in [-0.1, -0.05) is 18.2 Å². The fraction of sp³-hybridized carbons (Fsp3) is 0.385. The van der Waals surface area contributed by atoms with E-state index in [1.165, 1.54) is 13.1 Å². The molecule has 0 aliphatic carbocycles. The van der Waals surface area contributed by atoms with Crippen LogP contribution in [0.2, 0.25) is 0 Å². The van der Waals surface area contributed by atoms with Gasteiger partial charge in [0.05, 0.1) is 17.4 Å². The van der Waals surface area contributed by atoms with Gasteiger partial charge in [-0.15, -0.1) is 0 Å². The maximum absolute atomic E-state index is 11.7. The lowest BCUT2D eigenvalue weighted by Crippen LogP contribution is -2.38. The summed E-state index contributed by atoms with van der Waals surface area (Å²) in [6.45, 7) is 0.405. The van der Waals surface area contributed by atoms with Crippen molar-refractivity contribution in [3.05, 3.63) is 39.9 Å². The van der Waals surface area contributed by atoms with Gasteiger partial charge in [-0.25, -0.2) is 0 Å². The highest BCUT2D eigenvalue weighted by Crippen LogP contribution is 2.18. The molecule has 106 valence electrons. The number of carbonyl (C=O) groups is 2. The highest BCUT2D eigenvalue weighted by molar-refractivity contribution is 6.05. The third-order valence-electron chi connectivity index (χ3n) is 3.35. The van der Waals surface area contributed by atoms with E-state index in [1.807, 2.05) is 0 Å². The molecule has 1 N–H and O–H groups in total. The van der Waals surface area contributed by atoms with Gasteiger partial charge in [0, 0.05) is 25.2 Å². The molecule has 0 saturated carbocycles. The van der Waals surface area contributed by atoms with Crippen LogP contribution in [0.3, 0.4) is 0 Å². The number of carbonyl (C=O) groups excluding carboxylic acids is 2. The number of hydrogen-bond donors (Lipinski definition) is 1. The smallest absolute Gasteiger partial charge is 0.272 e. The first-order valence-electron chi connectivity index (χ1n) is 6.27. The Balaban J connectivity index is 1.93. The Morgan fingerprint density at radius 2 is 2.10 bits per heavy atom. The monoisotopic (exact) mass is 277 g/mol. The number of amides is 2. The van der Waals surface area contributed by atoms with E-state index in [9.17, 15) is 19.7 Å². The van der Waals surface area contributed by atoms with Gasteiger partial charge in [-0.05, 0) is 6.42 Å². The minimum absolute atomic E-state index is 0.0697. The summed E-state index contributed by atoms with van der Waals surface area (Å²) in [6.07, 6.45) is 0.574. The Bertz CT molecular complexity index is 558. The number of para-hydroxylation sites is 1. The predicted molar refractivity (Wildman–Crippen MR) is 71.0 cm³/mol. The molecule has 1 aromatic carbocycles. The Morgan fingerprint density at radius 1 is 1.40 bits per heavy atom. The molecule has 1 fully saturated rings. The summed E-state index contributed by atoms with van der Waals surface area (Å²) in [5.41, 5.74) is 0.676. The molecule has 0 radical (unpaired) electrons. The van der Waals surface area contributed by atoms with E-state index in [0.29, 0.717) is 18.5 Å². The molecule has 1 aliphatic heterocycles. The van der Waals surface area contributed by atoms with E-state index in [4.69, 9.17) is 0 Å². The largest absolute Gasteiger partial charge is 0.305 e. The van der Waals surface area contributed by atoms with Crippen LogP contribution >= 0.6 is 0 Å². The second-order valence-corrected chi connectivity index (χ2v) is 4.64. The van der Waals surface area contributed by atoms with Crippen LogP contribution in [0.1, 0.15) is 12.0 Å². The average molecular weight is 277 g/mol. The first kappa shape index (κ1) is 14.1. The fourth-order valence-corrected chi connectivity index (χ4v) is 2.20. The van der Waals surface area contributed by atoms with Crippen LogP contribution in [-0.2, 0) is 16.0 Å². The van der Waals surface area contributed by atoms with Crippen molar-refractivity contribution < 1.29 is 14.5 Å². The van der Waals surface area contributed by atoms with E-state index >= 15 is 0 Å². The number of benzene rings is 1. The summed E-state index contributed by atoms with van der Waals surface area (Å²) in [5, 5.41) is 13.8. The lowest BCUT2D eigenvalue weighted by atomic mass is 10.1. The van der Waals surface area contributed by atoms with Gasteiger partial charge >= 0.3 is 0 Å². The van der Waals surface area contributed by atoms with Gasteiger partial charge < -0.3 is 5.32 Å². The van der Waals surface area contributed by atoms with Crippen molar-refractivity contribution in [3.63, 3.8) is 0 Å². The molecule has 7 nitrogen and oxygen atoms in total. The second kappa shape index (κ2) is 5.79. The third-order valence-corrected chi connectivity index (χ3v) is 3.35. The van der Waals surface area contributed by atoms with Crippen molar-refractivity contribution in [2.45, 2.75) is 18.9 Å². The van der Waals surface area contributed by atoms with E-state index in [1.54, 1.807) is 18.2 Å². The molecule has 0 spiro atoms. The van der Waals surface area contributed by atoms with Crippen molar-refractivity contribution in [1.82, 2.24) is 10.2 Å². The molecular formula is C13H15N3O4. The minimum atomic E-state index is -0.518. The molecule has 7 heteroatoms. The molecule has 1 atom stereocenters. The average Bonchev–Trinajstić information content (AvgIpc) is 2.67. The number of likely N-dealkylation sites (N-methyl/N-ethyl adjacent to an activating group) is 1. The van der Waals surface area contributed by atoms with Crippen LogP contribution in [0.5, 0.6) is 0 Å². The number of nitro groups is 1. The van der Waals surface area contributed by atoms with Gasteiger partial charge in [0.15, 0.2) is 0 Å². The number of imide groups is 1. The minimum Gasteiger partial charge on any atom is -0.305 e. The van der Waals surface area contributed by atoms with Crippen molar-refractivity contribution in [2.24, 2.45) is 0 Å². The highest BCUT2D eigenvalue weighted by Gasteiger charge is 2.35. The van der Waals surface area contributed by atoms with Gasteiger partial charge in [-0.3, -0.25) is 24.6 Å². The molecule has 1 aliphatic rings. The van der Waals surface area contributed by atoms with E-state index in [2.05, 4.69) is 5.32 Å². The van der Waals surface area contributed by atoms with E-state index in [0.717, 1.165) is 4.90 Å². The third kappa shape index (κ3) is 2.83. The normalized spacial score (nSPS) is 18.6. The Labute approximate surface area is 115 Å². The van der Waals surface area contributed by atoms with Crippen molar-refractivity contribution >= 4 is 17.5 Å². The molecule has 0 aromatic heterocycles. The van der Waals surface area contributed by atoms with E-state index < -0.39 is 11.0 Å². The Kier molecular flexibility index (Phi) is 4.09. The van der Waals surface area contributed by atoms with Crippen molar-refractivity contribution in [3.8, 4) is 0 Å². The Hall–Kier alpha value is -2.28. The molecule has 1 aromatic rings. The summed E-state index contributed by atoms with van der Waals surface area (Å²) < 4.78 is 0. The first-order valence-corrected chi connectivity index (χ1v) is 6.27. The van der Waals surface area contributed by atoms with E-state index in [-0.39, 0.29) is 23.9 Å². The lowest BCUT2D eigenvalue weighted by Gasteiger charge is -2.10. The summed E-state index contributed by atoms with van der Waals surface area (Å²) in [5.74, 6) is -0.462. The van der Waals surface area contributed by atoms with Crippen molar-refractivity contribution in [1.29, 1.82) is 0 Å². The standard InChI is InChI=1S/C13H15N3O4/c1-15-12(17)8-10(13(15)18)14-7-6-9-4-2-3-5-11(9)16(19)20/h2-5,10,14H,6-8H2,1H3. The van der Waals surface area contributed by atoms with Crippen LogP contribution < -0.4 is 5.32 Å². The number of likely N-dealkylation sites (tertiary alicyclic amines) is 1. The van der Waals surface area contributed by atoms with Crippen LogP contribution in [0.4, 0.5) is 5.69 Å². The summed E-state index contributed by atoms with van der Waals surface area (Å²) in [4.78, 5) is 34.6. The van der Waals surface area contributed by atoms with Gasteiger partial charge in [0.2, 0.25) is 11.8 Å². The summed E-state index contributed by atoms with van der Waals surface area (Å²) >= 11 is 0. The van der Waals surface area contributed by atoms with Gasteiger partial charge in [0.25, 0.3) is 5.69 Å².